The third-order valence-corrected chi connectivity index (χ3v) is 5.61. The molecular formula is C17H19N5OS. The Bertz CT molecular complexity index is 971. The Labute approximate surface area is 143 Å². The molecule has 0 aliphatic carbocycles. The van der Waals surface area contributed by atoms with Gasteiger partial charge in [-0.25, -0.2) is 4.99 Å². The smallest absolute Gasteiger partial charge is 0.197 e. The maximum atomic E-state index is 6.41. The van der Waals surface area contributed by atoms with Crippen LogP contribution in [0.25, 0.3) is 21.3 Å². The fourth-order valence-electron chi connectivity index (χ4n) is 3.21. The van der Waals surface area contributed by atoms with Gasteiger partial charge in [-0.15, -0.1) is 0 Å². The van der Waals surface area contributed by atoms with Crippen LogP contribution in [0.2, 0.25) is 0 Å². The van der Waals surface area contributed by atoms with E-state index in [9.17, 15) is 0 Å². The van der Waals surface area contributed by atoms with E-state index in [0.717, 1.165) is 37.7 Å². The molecule has 1 aliphatic rings. The van der Waals surface area contributed by atoms with Crippen molar-refractivity contribution in [1.29, 1.82) is 0 Å². The largest absolute Gasteiger partial charge is 0.487 e. The van der Waals surface area contributed by atoms with Gasteiger partial charge in [0.1, 0.15) is 6.17 Å². The zero-order valence-corrected chi connectivity index (χ0v) is 14.6. The molecule has 1 unspecified atom stereocenters. The second kappa shape index (κ2) is 5.25. The van der Waals surface area contributed by atoms with Crippen molar-refractivity contribution in [2.75, 3.05) is 14.2 Å². The molecular weight excluding hydrogens is 322 g/mol. The third kappa shape index (κ3) is 2.02. The van der Waals surface area contributed by atoms with Gasteiger partial charge in [-0.1, -0.05) is 11.3 Å². The summed E-state index contributed by atoms with van der Waals surface area (Å²) in [6, 6.07) is 8.21. The lowest BCUT2D eigenvalue weighted by atomic mass is 9.98. The molecule has 1 aliphatic heterocycles. The molecule has 0 spiro atoms. The van der Waals surface area contributed by atoms with Gasteiger partial charge in [0.05, 0.1) is 18.3 Å². The lowest BCUT2D eigenvalue weighted by Gasteiger charge is -2.31. The molecule has 0 bridgehead atoms. The van der Waals surface area contributed by atoms with Gasteiger partial charge < -0.3 is 25.7 Å². The van der Waals surface area contributed by atoms with Gasteiger partial charge in [0.2, 0.25) is 0 Å². The van der Waals surface area contributed by atoms with Crippen molar-refractivity contribution in [3.8, 4) is 15.5 Å². The van der Waals surface area contributed by atoms with Gasteiger partial charge >= 0.3 is 0 Å². The van der Waals surface area contributed by atoms with Crippen molar-refractivity contribution in [3.05, 3.63) is 36.0 Å². The van der Waals surface area contributed by atoms with Crippen LogP contribution in [0.15, 0.2) is 35.5 Å². The fourth-order valence-corrected chi connectivity index (χ4v) is 4.05. The molecule has 1 atom stereocenters. The Morgan fingerprint density at radius 1 is 1.25 bits per heavy atom. The van der Waals surface area contributed by atoms with E-state index < -0.39 is 0 Å². The second-order valence-electron chi connectivity index (χ2n) is 5.89. The van der Waals surface area contributed by atoms with Gasteiger partial charge in [0, 0.05) is 41.7 Å². The summed E-state index contributed by atoms with van der Waals surface area (Å²) in [4.78, 5) is 7.48. The third-order valence-electron chi connectivity index (χ3n) is 4.53. The number of rotatable bonds is 2. The summed E-state index contributed by atoms with van der Waals surface area (Å²) >= 11 is 1.61. The highest BCUT2D eigenvalue weighted by Crippen LogP contribution is 2.44. The zero-order chi connectivity index (χ0) is 17.0. The molecule has 3 aromatic rings. The first kappa shape index (κ1) is 15.0. The number of hydrogen-bond donors (Lipinski definition) is 2. The average Bonchev–Trinajstić information content (AvgIpc) is 3.19. The number of aliphatic imine (C=N–C) groups is 1. The zero-order valence-electron chi connectivity index (χ0n) is 13.8. The standard InChI is InChI=1S/C17H19N5OS/c1-21-7-6-9-14-11(20-17(19)22(2)16(14)18)8-10(15(9)21)12-4-5-13(23-3)24-12/h4-8,16H,18H2,1-3H3,(H2,19,20). The molecule has 2 aromatic heterocycles. The van der Waals surface area contributed by atoms with Crippen LogP contribution in [0, 0.1) is 0 Å². The van der Waals surface area contributed by atoms with Crippen molar-refractivity contribution in [3.63, 3.8) is 0 Å². The van der Waals surface area contributed by atoms with Crippen LogP contribution in [0.4, 0.5) is 5.69 Å². The molecule has 3 heterocycles. The highest BCUT2D eigenvalue weighted by Gasteiger charge is 2.27. The monoisotopic (exact) mass is 341 g/mol. The first-order valence-electron chi connectivity index (χ1n) is 7.60. The Balaban J connectivity index is 2.05. The molecule has 7 heteroatoms. The second-order valence-corrected chi connectivity index (χ2v) is 6.94. The van der Waals surface area contributed by atoms with Gasteiger partial charge in [0.25, 0.3) is 0 Å². The number of ether oxygens (including phenoxy) is 1. The maximum absolute atomic E-state index is 6.41. The van der Waals surface area contributed by atoms with Crippen LogP contribution in [0.1, 0.15) is 11.7 Å². The van der Waals surface area contributed by atoms with Crippen LogP contribution in [-0.2, 0) is 7.05 Å². The molecule has 1 aromatic carbocycles. The number of fused-ring (bicyclic) bond motifs is 3. The average molecular weight is 341 g/mol. The summed E-state index contributed by atoms with van der Waals surface area (Å²) in [6.07, 6.45) is 1.74. The van der Waals surface area contributed by atoms with Gasteiger partial charge in [-0.3, -0.25) is 0 Å². The number of thiophene rings is 1. The summed E-state index contributed by atoms with van der Waals surface area (Å²) in [5.74, 6) is 0.431. The SMILES string of the molecule is COc1ccc(-c2cc3c(c4ccn(C)c24)C(N)N(C)C(N)=N3)s1. The normalized spacial score (nSPS) is 17.1. The Hall–Kier alpha value is -2.51. The number of nitrogens with zero attached hydrogens (tertiary/aromatic N) is 3. The molecule has 24 heavy (non-hydrogen) atoms. The summed E-state index contributed by atoms with van der Waals surface area (Å²) in [5, 5.41) is 1.98. The van der Waals surface area contributed by atoms with Gasteiger partial charge in [0.15, 0.2) is 11.0 Å². The van der Waals surface area contributed by atoms with E-state index in [0.29, 0.717) is 5.96 Å². The van der Waals surface area contributed by atoms with E-state index in [1.807, 2.05) is 26.4 Å². The van der Waals surface area contributed by atoms with Gasteiger partial charge in [-0.2, -0.15) is 0 Å². The molecule has 4 N–H and O–H groups in total. The predicted octanol–water partition coefficient (Wildman–Crippen LogP) is 2.76. The minimum absolute atomic E-state index is 0.311. The first-order chi connectivity index (χ1) is 11.5. The highest BCUT2D eigenvalue weighted by molar-refractivity contribution is 7.17. The number of methoxy groups -OCH3 is 1. The van der Waals surface area contributed by atoms with E-state index in [4.69, 9.17) is 16.2 Å². The molecule has 0 saturated heterocycles. The van der Waals surface area contributed by atoms with Crippen LogP contribution < -0.4 is 16.2 Å². The maximum Gasteiger partial charge on any atom is 0.197 e. The topological polar surface area (TPSA) is 81.8 Å². The highest BCUT2D eigenvalue weighted by atomic mass is 32.1. The van der Waals surface area contributed by atoms with E-state index in [1.54, 1.807) is 23.3 Å². The molecule has 0 fully saturated rings. The van der Waals surface area contributed by atoms with Crippen molar-refractivity contribution in [2.24, 2.45) is 23.5 Å². The number of hydrogen-bond acceptors (Lipinski definition) is 6. The fraction of sp³-hybridized carbons (Fsp3) is 0.235. The quantitative estimate of drug-likeness (QED) is 0.751. The summed E-state index contributed by atoms with van der Waals surface area (Å²) in [5.41, 5.74) is 16.5. The minimum atomic E-state index is -0.311. The number of benzene rings is 1. The Kier molecular flexibility index (Phi) is 3.29. The van der Waals surface area contributed by atoms with Gasteiger partial charge in [-0.05, 0) is 24.3 Å². The lowest BCUT2D eigenvalue weighted by molar-refractivity contribution is 0.378. The summed E-state index contributed by atoms with van der Waals surface area (Å²) in [7, 11) is 5.58. The van der Waals surface area contributed by atoms with Crippen LogP contribution in [0.5, 0.6) is 5.06 Å². The summed E-state index contributed by atoms with van der Waals surface area (Å²) < 4.78 is 7.46. The van der Waals surface area contributed by atoms with E-state index in [1.165, 1.54) is 0 Å². The molecule has 0 radical (unpaired) electrons. The minimum Gasteiger partial charge on any atom is -0.487 e. The number of nitrogens with two attached hydrogens (primary N) is 2. The number of aromatic nitrogens is 1. The summed E-state index contributed by atoms with van der Waals surface area (Å²) in [6.45, 7) is 0. The van der Waals surface area contributed by atoms with Crippen molar-refractivity contribution >= 4 is 33.9 Å². The lowest BCUT2D eigenvalue weighted by Crippen LogP contribution is -2.42. The number of guanidine groups is 1. The van der Waals surface area contributed by atoms with Crippen LogP contribution in [0.3, 0.4) is 0 Å². The van der Waals surface area contributed by atoms with E-state index in [2.05, 4.69) is 27.8 Å². The van der Waals surface area contributed by atoms with E-state index >= 15 is 0 Å². The Morgan fingerprint density at radius 3 is 2.75 bits per heavy atom. The molecule has 124 valence electrons. The number of aryl methyl sites for hydroxylation is 1. The van der Waals surface area contributed by atoms with Crippen molar-refractivity contribution < 1.29 is 4.74 Å². The molecule has 6 nitrogen and oxygen atoms in total. The van der Waals surface area contributed by atoms with Crippen LogP contribution >= 0.6 is 11.3 Å². The van der Waals surface area contributed by atoms with Crippen LogP contribution in [-0.4, -0.2) is 29.6 Å². The predicted molar refractivity (Wildman–Crippen MR) is 98.8 cm³/mol. The Morgan fingerprint density at radius 2 is 2.04 bits per heavy atom. The van der Waals surface area contributed by atoms with E-state index in [-0.39, 0.29) is 6.17 Å². The van der Waals surface area contributed by atoms with Crippen molar-refractivity contribution in [2.45, 2.75) is 6.17 Å². The van der Waals surface area contributed by atoms with Crippen molar-refractivity contribution in [1.82, 2.24) is 9.47 Å². The first-order valence-corrected chi connectivity index (χ1v) is 8.41. The molecule has 0 amide bonds. The molecule has 4 rings (SSSR count). The molecule has 0 saturated carbocycles.